The summed E-state index contributed by atoms with van der Waals surface area (Å²) in [6.07, 6.45) is 3.35. The number of ether oxygens (including phenoxy) is 2. The quantitative estimate of drug-likeness (QED) is 0.267. The van der Waals surface area contributed by atoms with Gasteiger partial charge < -0.3 is 24.6 Å². The summed E-state index contributed by atoms with van der Waals surface area (Å²) < 4.78 is 12.7. The highest BCUT2D eigenvalue weighted by molar-refractivity contribution is 6.41. The smallest absolute Gasteiger partial charge is 0.229 e. The Morgan fingerprint density at radius 2 is 1.62 bits per heavy atom. The molecule has 0 spiro atoms. The summed E-state index contributed by atoms with van der Waals surface area (Å²) in [4.78, 5) is 14.2. The Hall–Kier alpha value is -3.86. The molecule has 10 nitrogen and oxygen atoms in total. The Bertz CT molecular complexity index is 1660. The zero-order valence-electron chi connectivity index (χ0n) is 22.4. The van der Waals surface area contributed by atoms with Gasteiger partial charge in [0.05, 0.1) is 24.3 Å². The highest BCUT2D eigenvalue weighted by Gasteiger charge is 2.23. The van der Waals surface area contributed by atoms with Crippen LogP contribution in [0.3, 0.4) is 0 Å². The van der Waals surface area contributed by atoms with Crippen LogP contribution in [-0.4, -0.2) is 76.4 Å². The lowest BCUT2D eigenvalue weighted by Crippen LogP contribution is -2.46. The van der Waals surface area contributed by atoms with Crippen LogP contribution in [0.2, 0.25) is 10.0 Å². The summed E-state index contributed by atoms with van der Waals surface area (Å²) in [5.74, 6) is 1.32. The van der Waals surface area contributed by atoms with Crippen LogP contribution in [0.5, 0.6) is 11.5 Å². The molecule has 0 atom stereocenters. The van der Waals surface area contributed by atoms with E-state index in [1.807, 2.05) is 18.2 Å². The van der Waals surface area contributed by atoms with Crippen LogP contribution in [0.1, 0.15) is 6.92 Å². The first-order valence-corrected chi connectivity index (χ1v) is 13.7. The summed E-state index contributed by atoms with van der Waals surface area (Å²) in [6.45, 7) is 7.55. The highest BCUT2D eigenvalue weighted by atomic mass is 35.5. The van der Waals surface area contributed by atoms with Crippen LogP contribution >= 0.6 is 23.2 Å². The maximum absolute atomic E-state index is 6.72. The minimum atomic E-state index is 0.340. The van der Waals surface area contributed by atoms with Gasteiger partial charge in [-0.3, -0.25) is 4.40 Å². The van der Waals surface area contributed by atoms with Gasteiger partial charge in [0.1, 0.15) is 17.8 Å². The van der Waals surface area contributed by atoms with Crippen LogP contribution in [0.15, 0.2) is 48.9 Å². The third-order valence-corrected chi connectivity index (χ3v) is 8.01. The van der Waals surface area contributed by atoms with Crippen molar-refractivity contribution in [1.29, 1.82) is 0 Å². The largest absolute Gasteiger partial charge is 0.495 e. The predicted octanol–water partition coefficient (Wildman–Crippen LogP) is 5.55. The molecule has 6 rings (SSSR count). The number of fused-ring (bicyclic) bond motifs is 3. The number of pyridine rings is 1. The topological polar surface area (TPSA) is 92.9 Å². The first-order valence-electron chi connectivity index (χ1n) is 12.9. The molecular weight excluding hydrogens is 551 g/mol. The van der Waals surface area contributed by atoms with Gasteiger partial charge in [-0.05, 0) is 36.9 Å². The van der Waals surface area contributed by atoms with Crippen molar-refractivity contribution in [2.24, 2.45) is 0 Å². The molecule has 5 aromatic rings. The number of nitrogens with zero attached hydrogens (tertiary/aromatic N) is 7. The van der Waals surface area contributed by atoms with Crippen LogP contribution in [-0.2, 0) is 0 Å². The van der Waals surface area contributed by atoms with E-state index >= 15 is 0 Å². The Labute approximate surface area is 241 Å². The maximum atomic E-state index is 6.72. The molecule has 12 heteroatoms. The fourth-order valence-corrected chi connectivity index (χ4v) is 5.75. The van der Waals surface area contributed by atoms with Gasteiger partial charge in [-0.15, -0.1) is 10.2 Å². The van der Waals surface area contributed by atoms with E-state index in [1.165, 1.54) is 19.9 Å². The van der Waals surface area contributed by atoms with Crippen molar-refractivity contribution in [2.45, 2.75) is 6.92 Å². The number of likely N-dealkylation sites (N-methyl/N-ethyl adjacent to an activating group) is 1. The van der Waals surface area contributed by atoms with Gasteiger partial charge in [0.15, 0.2) is 11.3 Å². The normalized spacial score (nSPS) is 14.2. The third-order valence-electron chi connectivity index (χ3n) is 7.26. The second-order valence-electron chi connectivity index (χ2n) is 9.43. The third kappa shape index (κ3) is 4.72. The van der Waals surface area contributed by atoms with E-state index in [0.717, 1.165) is 43.8 Å². The zero-order chi connectivity index (χ0) is 27.8. The zero-order valence-corrected chi connectivity index (χ0v) is 23.9. The van der Waals surface area contributed by atoms with Gasteiger partial charge in [-0.25, -0.2) is 4.98 Å². The molecule has 4 heterocycles. The number of halogens is 2. The molecule has 0 amide bonds. The number of hydrogen-bond acceptors (Lipinski definition) is 9. The van der Waals surface area contributed by atoms with Crippen molar-refractivity contribution < 1.29 is 9.47 Å². The van der Waals surface area contributed by atoms with Crippen molar-refractivity contribution in [2.75, 3.05) is 57.2 Å². The summed E-state index contributed by atoms with van der Waals surface area (Å²) in [7, 11) is 3.07. The Morgan fingerprint density at radius 3 is 2.27 bits per heavy atom. The summed E-state index contributed by atoms with van der Waals surface area (Å²) >= 11 is 13.4. The number of anilines is 3. The fraction of sp³-hybridized carbons (Fsp3) is 0.286. The highest BCUT2D eigenvalue weighted by Crippen LogP contribution is 2.47. The molecule has 40 heavy (non-hydrogen) atoms. The van der Waals surface area contributed by atoms with E-state index in [9.17, 15) is 0 Å². The number of piperazine rings is 1. The lowest BCUT2D eigenvalue weighted by Gasteiger charge is -2.35. The van der Waals surface area contributed by atoms with Crippen molar-refractivity contribution in [1.82, 2.24) is 29.5 Å². The maximum Gasteiger partial charge on any atom is 0.229 e. The summed E-state index contributed by atoms with van der Waals surface area (Å²) in [5.41, 5.74) is 4.45. The second kappa shape index (κ2) is 11.0. The lowest BCUT2D eigenvalue weighted by atomic mass is 10.0. The van der Waals surface area contributed by atoms with Gasteiger partial charge in [0, 0.05) is 66.3 Å². The number of benzene rings is 2. The van der Waals surface area contributed by atoms with E-state index < -0.39 is 0 Å². The molecule has 1 aliphatic heterocycles. The average molecular weight is 579 g/mol. The molecule has 206 valence electrons. The molecule has 1 N–H and O–H groups in total. The second-order valence-corrected chi connectivity index (χ2v) is 10.2. The van der Waals surface area contributed by atoms with E-state index in [4.69, 9.17) is 37.7 Å². The molecule has 0 bridgehead atoms. The standard InChI is InChI=1S/C28H28Cl2N8O2/c1-4-36-9-11-37(12-10-36)19-7-5-18(6-8-19)33-28-31-15-17-13-20(27-35-32-16-38(27)26(17)34-28)23-24(29)21(39-2)14-22(40-3)25(23)30/h5-8,13-16H,4,9-12H2,1-3H3,(H,31,33,34). The number of rotatable bonds is 7. The van der Waals surface area contributed by atoms with Gasteiger partial charge in [-0.2, -0.15) is 4.98 Å². The molecule has 2 aromatic carbocycles. The van der Waals surface area contributed by atoms with Crippen molar-refractivity contribution in [3.63, 3.8) is 0 Å². The van der Waals surface area contributed by atoms with E-state index in [2.05, 4.69) is 49.4 Å². The summed E-state index contributed by atoms with van der Waals surface area (Å²) in [5, 5.41) is 13.2. The molecule has 1 fully saturated rings. The molecule has 0 radical (unpaired) electrons. The molecule has 0 saturated carbocycles. The van der Waals surface area contributed by atoms with Gasteiger partial charge >= 0.3 is 0 Å². The number of hydrogen-bond donors (Lipinski definition) is 1. The van der Waals surface area contributed by atoms with E-state index in [0.29, 0.717) is 49.9 Å². The monoisotopic (exact) mass is 578 g/mol. The number of methoxy groups -OCH3 is 2. The van der Waals surface area contributed by atoms with E-state index in [-0.39, 0.29) is 0 Å². The van der Waals surface area contributed by atoms with Gasteiger partial charge in [0.25, 0.3) is 0 Å². The number of nitrogens with one attached hydrogen (secondary N) is 1. The minimum absolute atomic E-state index is 0.340. The first kappa shape index (κ1) is 26.4. The van der Waals surface area contributed by atoms with Gasteiger partial charge in [0.2, 0.25) is 5.95 Å². The molecule has 1 saturated heterocycles. The van der Waals surface area contributed by atoms with Gasteiger partial charge in [-0.1, -0.05) is 30.1 Å². The van der Waals surface area contributed by atoms with Crippen LogP contribution in [0.25, 0.3) is 27.8 Å². The predicted molar refractivity (Wildman–Crippen MR) is 159 cm³/mol. The minimum Gasteiger partial charge on any atom is -0.495 e. The average Bonchev–Trinajstić information content (AvgIpc) is 3.49. The molecular formula is C28H28Cl2N8O2. The molecule has 3 aromatic heterocycles. The Balaban J connectivity index is 1.33. The van der Waals surface area contributed by atoms with Crippen molar-refractivity contribution >= 4 is 57.2 Å². The molecule has 0 aliphatic carbocycles. The number of aromatic nitrogens is 5. The molecule has 1 aliphatic rings. The fourth-order valence-electron chi connectivity index (χ4n) is 5.04. The Morgan fingerprint density at radius 1 is 0.925 bits per heavy atom. The Kier molecular flexibility index (Phi) is 7.22. The van der Waals surface area contributed by atoms with Crippen LogP contribution in [0, 0.1) is 0 Å². The van der Waals surface area contributed by atoms with Crippen molar-refractivity contribution in [3.8, 4) is 22.6 Å². The summed E-state index contributed by atoms with van der Waals surface area (Å²) in [6, 6.07) is 11.9. The van der Waals surface area contributed by atoms with Crippen LogP contribution < -0.4 is 19.7 Å². The van der Waals surface area contributed by atoms with E-state index in [1.54, 1.807) is 23.0 Å². The SMILES string of the molecule is CCN1CCN(c2ccc(Nc3ncc4cc(-c5c(Cl)c(OC)cc(OC)c5Cl)c5nncn5c4n3)cc2)CC1. The lowest BCUT2D eigenvalue weighted by molar-refractivity contribution is 0.271. The van der Waals surface area contributed by atoms with Crippen molar-refractivity contribution in [3.05, 3.63) is 59.0 Å². The molecule has 0 unspecified atom stereocenters. The van der Waals surface area contributed by atoms with Crippen LogP contribution in [0.4, 0.5) is 17.3 Å². The first-order chi connectivity index (χ1) is 19.5.